The number of non-ortho nitro benzene ring substituents is 2. The minimum atomic E-state index is -0.681. The zero-order valence-electron chi connectivity index (χ0n) is 11.0. The first-order valence-corrected chi connectivity index (χ1v) is 6.21. The molecular formula is C14H9N3O5. The van der Waals surface area contributed by atoms with Crippen LogP contribution in [0.25, 0.3) is 22.2 Å². The number of nitro groups is 2. The summed E-state index contributed by atoms with van der Waals surface area (Å²) in [5.41, 5.74) is 0.328. The molecule has 3 rings (SSSR count). The fraction of sp³-hybridized carbons (Fsp3) is 0. The normalized spacial score (nSPS) is 10.7. The monoisotopic (exact) mass is 299 g/mol. The third-order valence-electron chi connectivity index (χ3n) is 3.29. The second-order valence-electron chi connectivity index (χ2n) is 4.64. The van der Waals surface area contributed by atoms with Crippen molar-refractivity contribution in [1.82, 2.24) is 4.98 Å². The molecule has 2 N–H and O–H groups in total. The van der Waals surface area contributed by atoms with Crippen LogP contribution in [0.15, 0.2) is 42.5 Å². The quantitative estimate of drug-likeness (QED) is 0.567. The minimum Gasteiger partial charge on any atom is -0.507 e. The lowest BCUT2D eigenvalue weighted by Crippen LogP contribution is -1.93. The van der Waals surface area contributed by atoms with Gasteiger partial charge in [-0.05, 0) is 18.2 Å². The highest BCUT2D eigenvalue weighted by Crippen LogP contribution is 2.36. The van der Waals surface area contributed by atoms with Crippen LogP contribution >= 0.6 is 0 Å². The molecule has 0 spiro atoms. The molecule has 110 valence electrons. The summed E-state index contributed by atoms with van der Waals surface area (Å²) >= 11 is 0. The second kappa shape index (κ2) is 4.85. The number of aromatic amines is 1. The molecule has 8 nitrogen and oxygen atoms in total. The van der Waals surface area contributed by atoms with E-state index in [0.717, 1.165) is 6.07 Å². The molecule has 3 aromatic rings. The molecule has 0 aliphatic carbocycles. The molecule has 0 radical (unpaired) electrons. The Hall–Kier alpha value is -3.42. The predicted molar refractivity (Wildman–Crippen MR) is 78.7 cm³/mol. The van der Waals surface area contributed by atoms with Gasteiger partial charge in [-0.3, -0.25) is 20.2 Å². The lowest BCUT2D eigenvalue weighted by atomic mass is 10.1. The van der Waals surface area contributed by atoms with Crippen molar-refractivity contribution in [3.05, 3.63) is 62.7 Å². The molecule has 2 aromatic carbocycles. The Labute approximate surface area is 122 Å². The molecular weight excluding hydrogens is 290 g/mol. The standard InChI is InChI=1S/C14H9N3O5/c18-13-4-2-1-3-10(13)11-6-8-5-9(16(19)20)7-12(17(21)22)14(8)15-11/h1-7,15,18H. The lowest BCUT2D eigenvalue weighted by Gasteiger charge is -2.00. The van der Waals surface area contributed by atoms with Gasteiger partial charge in [0.25, 0.3) is 11.4 Å². The molecule has 0 aliphatic heterocycles. The molecule has 8 heteroatoms. The van der Waals surface area contributed by atoms with Crippen LogP contribution in [-0.2, 0) is 0 Å². The van der Waals surface area contributed by atoms with E-state index in [2.05, 4.69) is 4.98 Å². The third kappa shape index (κ3) is 2.12. The van der Waals surface area contributed by atoms with Crippen molar-refractivity contribution in [3.63, 3.8) is 0 Å². The van der Waals surface area contributed by atoms with Crippen molar-refractivity contribution in [3.8, 4) is 17.0 Å². The molecule has 1 heterocycles. The number of benzene rings is 2. The summed E-state index contributed by atoms with van der Waals surface area (Å²) in [5, 5.41) is 32.2. The van der Waals surface area contributed by atoms with E-state index in [-0.39, 0.29) is 22.6 Å². The first-order chi connectivity index (χ1) is 10.5. The average molecular weight is 299 g/mol. The van der Waals surface area contributed by atoms with E-state index in [4.69, 9.17) is 0 Å². The topological polar surface area (TPSA) is 122 Å². The van der Waals surface area contributed by atoms with Gasteiger partial charge in [-0.15, -0.1) is 0 Å². The molecule has 0 saturated heterocycles. The van der Waals surface area contributed by atoms with Crippen LogP contribution in [0.4, 0.5) is 11.4 Å². The number of aromatic nitrogens is 1. The van der Waals surface area contributed by atoms with E-state index in [1.165, 1.54) is 18.2 Å². The summed E-state index contributed by atoms with van der Waals surface area (Å²) in [6.45, 7) is 0. The summed E-state index contributed by atoms with van der Waals surface area (Å²) < 4.78 is 0. The summed E-state index contributed by atoms with van der Waals surface area (Å²) in [4.78, 5) is 23.5. The molecule has 0 aliphatic rings. The van der Waals surface area contributed by atoms with Gasteiger partial charge < -0.3 is 10.1 Å². The highest BCUT2D eigenvalue weighted by Gasteiger charge is 2.21. The van der Waals surface area contributed by atoms with Crippen LogP contribution in [0.3, 0.4) is 0 Å². The molecule has 1 aromatic heterocycles. The van der Waals surface area contributed by atoms with Crippen LogP contribution in [0.1, 0.15) is 0 Å². The SMILES string of the molecule is O=[N+]([O-])c1cc([N+](=O)[O-])c2[nH]c(-c3ccccc3O)cc2c1. The number of nitrogens with one attached hydrogen (secondary N) is 1. The van der Waals surface area contributed by atoms with E-state index in [1.54, 1.807) is 18.2 Å². The van der Waals surface area contributed by atoms with Gasteiger partial charge in [0, 0.05) is 17.0 Å². The van der Waals surface area contributed by atoms with E-state index >= 15 is 0 Å². The van der Waals surface area contributed by atoms with Crippen molar-refractivity contribution < 1.29 is 15.0 Å². The van der Waals surface area contributed by atoms with Gasteiger partial charge in [0.1, 0.15) is 11.3 Å². The average Bonchev–Trinajstić information content (AvgIpc) is 2.89. The first-order valence-electron chi connectivity index (χ1n) is 6.21. The fourth-order valence-electron chi connectivity index (χ4n) is 2.31. The number of rotatable bonds is 3. The Kier molecular flexibility index (Phi) is 2.99. The summed E-state index contributed by atoms with van der Waals surface area (Å²) in [7, 11) is 0. The maximum atomic E-state index is 11.1. The van der Waals surface area contributed by atoms with Gasteiger partial charge in [-0.2, -0.15) is 0 Å². The zero-order chi connectivity index (χ0) is 15.9. The lowest BCUT2D eigenvalue weighted by molar-refractivity contribution is -0.393. The second-order valence-corrected chi connectivity index (χ2v) is 4.64. The van der Waals surface area contributed by atoms with Crippen molar-refractivity contribution in [2.75, 3.05) is 0 Å². The van der Waals surface area contributed by atoms with Crippen molar-refractivity contribution in [2.45, 2.75) is 0 Å². The largest absolute Gasteiger partial charge is 0.507 e. The number of hydrogen-bond donors (Lipinski definition) is 2. The first kappa shape index (κ1) is 13.6. The van der Waals surface area contributed by atoms with Crippen LogP contribution in [0.2, 0.25) is 0 Å². The number of hydrogen-bond acceptors (Lipinski definition) is 5. The van der Waals surface area contributed by atoms with Crippen LogP contribution < -0.4 is 0 Å². The number of para-hydroxylation sites is 1. The maximum Gasteiger partial charge on any atom is 0.300 e. The minimum absolute atomic E-state index is 0.00575. The predicted octanol–water partition coefficient (Wildman–Crippen LogP) is 3.36. The summed E-state index contributed by atoms with van der Waals surface area (Å²) in [6.07, 6.45) is 0. The Balaban J connectivity index is 2.29. The van der Waals surface area contributed by atoms with Crippen LogP contribution in [0, 0.1) is 20.2 Å². The summed E-state index contributed by atoms with van der Waals surface area (Å²) in [6, 6.07) is 10.2. The number of nitrogens with zero attached hydrogens (tertiary/aromatic N) is 2. The smallest absolute Gasteiger partial charge is 0.300 e. The molecule has 0 amide bonds. The van der Waals surface area contributed by atoms with Gasteiger partial charge in [0.05, 0.1) is 21.6 Å². The Morgan fingerprint density at radius 2 is 1.73 bits per heavy atom. The van der Waals surface area contributed by atoms with Gasteiger partial charge in [-0.1, -0.05) is 12.1 Å². The molecule has 0 atom stereocenters. The van der Waals surface area contributed by atoms with Crippen LogP contribution in [-0.4, -0.2) is 19.9 Å². The van der Waals surface area contributed by atoms with E-state index < -0.39 is 9.85 Å². The fourth-order valence-corrected chi connectivity index (χ4v) is 2.31. The zero-order valence-corrected chi connectivity index (χ0v) is 11.0. The van der Waals surface area contributed by atoms with Gasteiger partial charge in [0.2, 0.25) is 0 Å². The van der Waals surface area contributed by atoms with Gasteiger partial charge in [0.15, 0.2) is 0 Å². The number of fused-ring (bicyclic) bond motifs is 1. The molecule has 0 fully saturated rings. The Bertz CT molecular complexity index is 916. The highest BCUT2D eigenvalue weighted by atomic mass is 16.6. The van der Waals surface area contributed by atoms with Gasteiger partial charge in [-0.25, -0.2) is 0 Å². The number of aromatic hydroxyl groups is 1. The number of nitro benzene ring substituents is 2. The molecule has 0 saturated carbocycles. The van der Waals surface area contributed by atoms with E-state index in [0.29, 0.717) is 16.6 Å². The van der Waals surface area contributed by atoms with Crippen molar-refractivity contribution in [2.24, 2.45) is 0 Å². The Morgan fingerprint density at radius 3 is 2.36 bits per heavy atom. The van der Waals surface area contributed by atoms with Crippen molar-refractivity contribution in [1.29, 1.82) is 0 Å². The maximum absolute atomic E-state index is 11.1. The number of phenols is 1. The summed E-state index contributed by atoms with van der Waals surface area (Å²) in [5.74, 6) is 0.00575. The van der Waals surface area contributed by atoms with E-state index in [1.807, 2.05) is 0 Å². The number of phenolic OH excluding ortho intramolecular Hbond substituents is 1. The van der Waals surface area contributed by atoms with Crippen molar-refractivity contribution >= 4 is 22.3 Å². The van der Waals surface area contributed by atoms with Crippen LogP contribution in [0.5, 0.6) is 5.75 Å². The third-order valence-corrected chi connectivity index (χ3v) is 3.29. The van der Waals surface area contributed by atoms with E-state index in [9.17, 15) is 25.3 Å². The molecule has 22 heavy (non-hydrogen) atoms. The molecule has 0 bridgehead atoms. The van der Waals surface area contributed by atoms with Gasteiger partial charge >= 0.3 is 0 Å². The highest BCUT2D eigenvalue weighted by molar-refractivity contribution is 5.94. The Morgan fingerprint density at radius 1 is 1.00 bits per heavy atom. The molecule has 0 unspecified atom stereocenters. The number of H-pyrrole nitrogens is 1.